The maximum absolute atomic E-state index is 5.83. The van der Waals surface area contributed by atoms with Gasteiger partial charge in [0.15, 0.2) is 0 Å². The number of nitrogens with two attached hydrogens (primary N) is 1. The van der Waals surface area contributed by atoms with E-state index < -0.39 is 0 Å². The average molecular weight is 168 g/mol. The largest absolute Gasteiger partial charge is 0.249 e. The van der Waals surface area contributed by atoms with E-state index in [2.05, 4.69) is 32.4 Å². The summed E-state index contributed by atoms with van der Waals surface area (Å²) in [5.74, 6) is 5.83. The first kappa shape index (κ1) is 12.8. The molecule has 0 atom stereocenters. The summed E-state index contributed by atoms with van der Waals surface area (Å²) in [4.78, 5) is 0. The summed E-state index contributed by atoms with van der Waals surface area (Å²) in [6, 6.07) is 0. The number of halogens is 1. The first-order valence-electron chi connectivity index (χ1n) is 3.71. The highest BCUT2D eigenvalue weighted by molar-refractivity contribution is 6.15. The predicted octanol–water partition coefficient (Wildman–Crippen LogP) is 1.59. The summed E-state index contributed by atoms with van der Waals surface area (Å²) in [6.07, 6.45) is 1.47. The third kappa shape index (κ3) is 5.03. The summed E-state index contributed by atoms with van der Waals surface area (Å²) in [5.41, 5.74) is 0. The molecule has 0 aromatic heterocycles. The fraction of sp³-hybridized carbons (Fsp3) is 1.00. The minimum Gasteiger partial charge on any atom is -0.249 e. The van der Waals surface area contributed by atoms with Crippen molar-refractivity contribution in [2.45, 2.75) is 20.8 Å². The number of quaternary nitrogens is 1. The molecule has 0 heterocycles. The van der Waals surface area contributed by atoms with Crippen molar-refractivity contribution >= 4 is 11.6 Å². The number of alkyl halides is 1. The van der Waals surface area contributed by atoms with E-state index in [4.69, 9.17) is 5.84 Å². The Morgan fingerprint density at radius 3 is 1.20 bits per heavy atom. The molecule has 0 radical (unpaired) electrons. The number of hydrogen-bond donors (Lipinski definition) is 1. The van der Waals surface area contributed by atoms with Crippen LogP contribution in [0.4, 0.5) is 0 Å². The zero-order valence-electron chi connectivity index (χ0n) is 7.52. The molecule has 3 heteroatoms. The van der Waals surface area contributed by atoms with Gasteiger partial charge in [0.25, 0.3) is 0 Å². The number of nitrogens with zero attached hydrogens (tertiary/aromatic N) is 1. The Morgan fingerprint density at radius 2 is 1.20 bits per heavy atom. The summed E-state index contributed by atoms with van der Waals surface area (Å²) in [5, 5.41) is 0. The van der Waals surface area contributed by atoms with E-state index in [9.17, 15) is 0 Å². The molecule has 0 amide bonds. The van der Waals surface area contributed by atoms with Crippen LogP contribution in [0.1, 0.15) is 20.8 Å². The van der Waals surface area contributed by atoms with E-state index >= 15 is 0 Å². The van der Waals surface area contributed by atoms with Gasteiger partial charge in [-0.15, -0.1) is 11.6 Å². The fourth-order valence-corrected chi connectivity index (χ4v) is 0.671. The molecule has 0 aliphatic carbocycles. The molecule has 64 valence electrons. The van der Waals surface area contributed by atoms with Crippen LogP contribution in [0.2, 0.25) is 0 Å². The third-order valence-corrected chi connectivity index (χ3v) is 1.89. The minimum absolute atomic E-state index is 0.708. The van der Waals surface area contributed by atoms with E-state index in [1.807, 2.05) is 0 Å². The van der Waals surface area contributed by atoms with Crippen LogP contribution in [0, 0.1) is 0 Å². The quantitative estimate of drug-likeness (QED) is 0.294. The molecule has 2 N–H and O–H groups in total. The van der Waals surface area contributed by atoms with Gasteiger partial charge in [-0.2, -0.15) is 5.84 Å². The van der Waals surface area contributed by atoms with Crippen molar-refractivity contribution in [1.29, 1.82) is 0 Å². The molecular weight excluding hydrogens is 148 g/mol. The van der Waals surface area contributed by atoms with E-state index in [1.165, 1.54) is 6.38 Å². The minimum atomic E-state index is 0.708. The van der Waals surface area contributed by atoms with Gasteiger partial charge in [-0.25, -0.2) is 4.59 Å². The normalized spacial score (nSPS) is 10.2. The highest BCUT2D eigenvalue weighted by Gasteiger charge is 2.12. The second-order valence-electron chi connectivity index (χ2n) is 2.17. The van der Waals surface area contributed by atoms with Crippen molar-refractivity contribution < 1.29 is 4.59 Å². The van der Waals surface area contributed by atoms with Crippen molar-refractivity contribution in [3.05, 3.63) is 0 Å². The molecule has 0 unspecified atom stereocenters. The van der Waals surface area contributed by atoms with Crippen molar-refractivity contribution in [3.8, 4) is 0 Å². The maximum Gasteiger partial charge on any atom is 0.0931 e. The van der Waals surface area contributed by atoms with Crippen LogP contribution in [0.25, 0.3) is 0 Å². The molecule has 0 aliphatic heterocycles. The number of rotatable bonds is 3. The molecule has 10 heavy (non-hydrogen) atoms. The highest BCUT2D eigenvalue weighted by Crippen LogP contribution is 1.92. The summed E-state index contributed by atoms with van der Waals surface area (Å²) in [7, 11) is 0. The van der Waals surface area contributed by atoms with Gasteiger partial charge in [0.2, 0.25) is 0 Å². The van der Waals surface area contributed by atoms with Gasteiger partial charge in [-0.1, -0.05) is 0 Å². The second-order valence-corrected chi connectivity index (χ2v) is 2.17. The first-order chi connectivity index (χ1) is 4.68. The smallest absolute Gasteiger partial charge is 0.0931 e. The first-order valence-corrected chi connectivity index (χ1v) is 4.46. The molecular formula is C7H20ClN2+. The average Bonchev–Trinajstić information content (AvgIpc) is 2.07. The molecule has 0 saturated heterocycles. The van der Waals surface area contributed by atoms with Crippen LogP contribution in [0.5, 0.6) is 0 Å². The standard InChI is InChI=1S/C6H17N2.CH3Cl/c1-4-8(7,5-2)6-3;1-2/h4-7H2,1-3H3;1H3/q+1;. The van der Waals surface area contributed by atoms with Crippen molar-refractivity contribution in [2.75, 3.05) is 26.0 Å². The monoisotopic (exact) mass is 167 g/mol. The summed E-state index contributed by atoms with van der Waals surface area (Å²) in [6.45, 7) is 9.46. The lowest BCUT2D eigenvalue weighted by atomic mass is 10.5. The van der Waals surface area contributed by atoms with Crippen molar-refractivity contribution in [1.82, 2.24) is 0 Å². The Morgan fingerprint density at radius 1 is 1.00 bits per heavy atom. The van der Waals surface area contributed by atoms with Crippen LogP contribution in [0.15, 0.2) is 0 Å². The molecule has 0 fully saturated rings. The molecule has 0 saturated carbocycles. The molecule has 0 aliphatic rings. The van der Waals surface area contributed by atoms with Crippen LogP contribution < -0.4 is 5.84 Å². The van der Waals surface area contributed by atoms with E-state index in [1.54, 1.807) is 0 Å². The maximum atomic E-state index is 5.83. The lowest BCUT2D eigenvalue weighted by Gasteiger charge is -2.28. The Balaban J connectivity index is 0. The Hall–Kier alpha value is 0.210. The molecule has 0 bridgehead atoms. The Labute approximate surface area is 69.5 Å². The molecule has 0 aromatic carbocycles. The highest BCUT2D eigenvalue weighted by atomic mass is 35.5. The van der Waals surface area contributed by atoms with Crippen molar-refractivity contribution in [2.24, 2.45) is 5.84 Å². The third-order valence-electron chi connectivity index (χ3n) is 1.89. The molecule has 0 aromatic rings. The van der Waals surface area contributed by atoms with Gasteiger partial charge in [-0.05, 0) is 20.8 Å². The zero-order valence-corrected chi connectivity index (χ0v) is 8.28. The topological polar surface area (TPSA) is 26.0 Å². The van der Waals surface area contributed by atoms with Gasteiger partial charge in [0, 0.05) is 6.38 Å². The lowest BCUT2D eigenvalue weighted by Crippen LogP contribution is -2.53. The Kier molecular flexibility index (Phi) is 9.40. The van der Waals surface area contributed by atoms with E-state index in [0.717, 1.165) is 19.6 Å². The van der Waals surface area contributed by atoms with Crippen molar-refractivity contribution in [3.63, 3.8) is 0 Å². The molecule has 0 rings (SSSR count). The number of hydrogen-bond acceptors (Lipinski definition) is 1. The molecule has 0 spiro atoms. The SMILES string of the molecule is CC[N+](N)(CC)CC.CCl. The van der Waals surface area contributed by atoms with Crippen LogP contribution in [-0.2, 0) is 0 Å². The predicted molar refractivity (Wildman–Crippen MR) is 47.8 cm³/mol. The van der Waals surface area contributed by atoms with Gasteiger partial charge in [-0.3, -0.25) is 0 Å². The van der Waals surface area contributed by atoms with E-state index in [-0.39, 0.29) is 0 Å². The van der Waals surface area contributed by atoms with Crippen LogP contribution >= 0.6 is 11.6 Å². The van der Waals surface area contributed by atoms with Crippen LogP contribution in [0.3, 0.4) is 0 Å². The summed E-state index contributed by atoms with van der Waals surface area (Å²) < 4.78 is 0.708. The van der Waals surface area contributed by atoms with E-state index in [0.29, 0.717) is 4.59 Å². The summed E-state index contributed by atoms with van der Waals surface area (Å²) >= 11 is 4.64. The second kappa shape index (κ2) is 7.32. The lowest BCUT2D eigenvalue weighted by molar-refractivity contribution is -0.935. The van der Waals surface area contributed by atoms with Gasteiger partial charge >= 0.3 is 0 Å². The van der Waals surface area contributed by atoms with Crippen LogP contribution in [-0.4, -0.2) is 30.6 Å². The fourth-order valence-electron chi connectivity index (χ4n) is 0.671. The molecule has 2 nitrogen and oxygen atoms in total. The van der Waals surface area contributed by atoms with Gasteiger partial charge in [0.05, 0.1) is 19.6 Å². The Bertz CT molecular complexity index is 54.4. The van der Waals surface area contributed by atoms with Gasteiger partial charge < -0.3 is 0 Å². The zero-order chi connectivity index (χ0) is 8.62. The van der Waals surface area contributed by atoms with Gasteiger partial charge in [0.1, 0.15) is 0 Å².